The molecule has 2 aromatic rings. The van der Waals surface area contributed by atoms with E-state index in [1.54, 1.807) is 6.33 Å². The molecule has 0 bridgehead atoms. The zero-order chi connectivity index (χ0) is 18.9. The van der Waals surface area contributed by atoms with Crippen molar-refractivity contribution in [2.24, 2.45) is 0 Å². The van der Waals surface area contributed by atoms with E-state index < -0.39 is 0 Å². The first-order valence-electron chi connectivity index (χ1n) is 10.7. The summed E-state index contributed by atoms with van der Waals surface area (Å²) in [5.41, 5.74) is 3.69. The van der Waals surface area contributed by atoms with E-state index in [4.69, 9.17) is 9.97 Å². The van der Waals surface area contributed by atoms with E-state index in [0.717, 1.165) is 75.4 Å². The van der Waals surface area contributed by atoms with Crippen LogP contribution in [-0.4, -0.2) is 59.2 Å². The molecule has 2 fully saturated rings. The second-order valence-corrected chi connectivity index (χ2v) is 8.17. The average Bonchev–Trinajstić information content (AvgIpc) is 3.28. The van der Waals surface area contributed by atoms with Crippen molar-refractivity contribution in [3.63, 3.8) is 0 Å². The molecule has 0 amide bonds. The first-order valence-corrected chi connectivity index (χ1v) is 10.7. The zero-order valence-corrected chi connectivity index (χ0v) is 16.8. The highest BCUT2D eigenvalue weighted by Gasteiger charge is 2.25. The van der Waals surface area contributed by atoms with Crippen LogP contribution in [0.4, 0.5) is 17.6 Å². The van der Waals surface area contributed by atoms with Gasteiger partial charge >= 0.3 is 0 Å². The molecule has 2 aromatic heterocycles. The van der Waals surface area contributed by atoms with E-state index in [9.17, 15) is 0 Å². The molecule has 0 unspecified atom stereocenters. The van der Waals surface area contributed by atoms with Crippen molar-refractivity contribution < 1.29 is 0 Å². The van der Waals surface area contributed by atoms with E-state index in [1.165, 1.54) is 36.9 Å². The van der Waals surface area contributed by atoms with Gasteiger partial charge in [0.1, 0.15) is 18.0 Å². The lowest BCUT2D eigenvalue weighted by Crippen LogP contribution is -2.48. The maximum Gasteiger partial charge on any atom is 0.227 e. The fraction of sp³-hybridized carbons (Fsp3) is 0.619. The Labute approximate surface area is 166 Å². The molecule has 2 aliphatic heterocycles. The third-order valence-corrected chi connectivity index (χ3v) is 6.22. The van der Waals surface area contributed by atoms with Crippen molar-refractivity contribution in [1.82, 2.24) is 19.9 Å². The molecule has 148 valence electrons. The fourth-order valence-electron chi connectivity index (χ4n) is 4.68. The van der Waals surface area contributed by atoms with Crippen molar-refractivity contribution in [2.45, 2.75) is 45.4 Å². The third-order valence-electron chi connectivity index (χ3n) is 6.22. The Morgan fingerprint density at radius 2 is 1.50 bits per heavy atom. The van der Waals surface area contributed by atoms with Gasteiger partial charge in [-0.25, -0.2) is 15.0 Å². The van der Waals surface area contributed by atoms with E-state index in [-0.39, 0.29) is 0 Å². The van der Waals surface area contributed by atoms with Crippen molar-refractivity contribution in [2.75, 3.05) is 54.0 Å². The Morgan fingerprint density at radius 1 is 0.750 bits per heavy atom. The molecule has 5 rings (SSSR count). The number of piperazine rings is 1. The molecule has 0 saturated carbocycles. The minimum atomic E-state index is 0.881. The standard InChI is InChI=1S/C21H29N7/c1-16-14-19(26-8-4-5-9-26)25-21(24-16)28-12-10-27(11-13-28)20-17-6-2-3-7-18(17)22-15-23-20/h14-15H,2-13H2,1H3. The van der Waals surface area contributed by atoms with Crippen LogP contribution in [0.1, 0.15) is 42.6 Å². The number of aromatic nitrogens is 4. The molecule has 0 atom stereocenters. The van der Waals surface area contributed by atoms with E-state index >= 15 is 0 Å². The Balaban J connectivity index is 1.31. The van der Waals surface area contributed by atoms with Crippen molar-refractivity contribution in [1.29, 1.82) is 0 Å². The quantitative estimate of drug-likeness (QED) is 0.811. The normalized spacial score (nSPS) is 19.8. The van der Waals surface area contributed by atoms with Crippen molar-refractivity contribution >= 4 is 17.6 Å². The van der Waals surface area contributed by atoms with Crippen LogP contribution in [0.25, 0.3) is 0 Å². The second-order valence-electron chi connectivity index (χ2n) is 8.17. The van der Waals surface area contributed by atoms with E-state index in [0.29, 0.717) is 0 Å². The van der Waals surface area contributed by atoms with Gasteiger partial charge in [-0.2, -0.15) is 4.98 Å². The maximum absolute atomic E-state index is 4.90. The Hall–Kier alpha value is -2.44. The van der Waals surface area contributed by atoms with Gasteiger partial charge in [-0.05, 0) is 45.4 Å². The van der Waals surface area contributed by atoms with Gasteiger partial charge in [-0.3, -0.25) is 0 Å². The summed E-state index contributed by atoms with van der Waals surface area (Å²) in [6, 6.07) is 2.12. The number of hydrogen-bond acceptors (Lipinski definition) is 7. The van der Waals surface area contributed by atoms with Crippen LogP contribution in [0.2, 0.25) is 0 Å². The van der Waals surface area contributed by atoms with Gasteiger partial charge in [0.05, 0.1) is 0 Å². The van der Waals surface area contributed by atoms with Gasteiger partial charge in [0.25, 0.3) is 0 Å². The molecule has 0 spiro atoms. The first kappa shape index (κ1) is 17.6. The smallest absolute Gasteiger partial charge is 0.227 e. The third kappa shape index (κ3) is 3.38. The summed E-state index contributed by atoms with van der Waals surface area (Å²) in [7, 11) is 0. The molecule has 0 radical (unpaired) electrons. The summed E-state index contributed by atoms with van der Waals surface area (Å²) in [4.78, 5) is 26.0. The second kappa shape index (κ2) is 7.53. The SMILES string of the molecule is Cc1cc(N2CCCC2)nc(N2CCN(c3ncnc4c3CCCC4)CC2)n1. The monoisotopic (exact) mass is 379 g/mol. The van der Waals surface area contributed by atoms with Crippen LogP contribution in [0.5, 0.6) is 0 Å². The molecule has 3 aliphatic rings. The van der Waals surface area contributed by atoms with E-state index in [1.807, 2.05) is 0 Å². The largest absolute Gasteiger partial charge is 0.356 e. The topological polar surface area (TPSA) is 61.3 Å². The lowest BCUT2D eigenvalue weighted by molar-refractivity contribution is 0.615. The van der Waals surface area contributed by atoms with Gasteiger partial charge in [0, 0.05) is 62.3 Å². The molecule has 2 saturated heterocycles. The molecular formula is C21H29N7. The van der Waals surface area contributed by atoms with Crippen LogP contribution in [0.3, 0.4) is 0 Å². The number of rotatable bonds is 3. The van der Waals surface area contributed by atoms with Crippen LogP contribution in [-0.2, 0) is 12.8 Å². The van der Waals surface area contributed by atoms with Crippen LogP contribution in [0.15, 0.2) is 12.4 Å². The highest BCUT2D eigenvalue weighted by molar-refractivity contribution is 5.52. The average molecular weight is 380 g/mol. The summed E-state index contributed by atoms with van der Waals surface area (Å²) < 4.78 is 0. The first-order chi connectivity index (χ1) is 13.8. The summed E-state index contributed by atoms with van der Waals surface area (Å²) >= 11 is 0. The van der Waals surface area contributed by atoms with Gasteiger partial charge in [-0.1, -0.05) is 0 Å². The highest BCUT2D eigenvalue weighted by atomic mass is 15.3. The Bertz CT molecular complexity index is 839. The van der Waals surface area contributed by atoms with Gasteiger partial charge in [-0.15, -0.1) is 0 Å². The summed E-state index contributed by atoms with van der Waals surface area (Å²) in [6.45, 7) is 8.09. The lowest BCUT2D eigenvalue weighted by Gasteiger charge is -2.37. The lowest BCUT2D eigenvalue weighted by atomic mass is 9.96. The number of aryl methyl sites for hydroxylation is 2. The minimum absolute atomic E-state index is 0.881. The van der Waals surface area contributed by atoms with Gasteiger partial charge in [0.15, 0.2) is 0 Å². The van der Waals surface area contributed by atoms with Crippen LogP contribution in [0, 0.1) is 6.92 Å². The summed E-state index contributed by atoms with van der Waals surface area (Å²) in [5, 5.41) is 0. The molecule has 0 aromatic carbocycles. The number of nitrogens with zero attached hydrogens (tertiary/aromatic N) is 7. The number of hydrogen-bond donors (Lipinski definition) is 0. The Kier molecular flexibility index (Phi) is 4.74. The van der Waals surface area contributed by atoms with Gasteiger partial charge < -0.3 is 14.7 Å². The van der Waals surface area contributed by atoms with Gasteiger partial charge in [0.2, 0.25) is 5.95 Å². The fourth-order valence-corrected chi connectivity index (χ4v) is 4.68. The molecule has 28 heavy (non-hydrogen) atoms. The summed E-state index contributed by atoms with van der Waals surface area (Å²) in [6.07, 6.45) is 9.00. The highest BCUT2D eigenvalue weighted by Crippen LogP contribution is 2.28. The summed E-state index contributed by atoms with van der Waals surface area (Å²) in [5.74, 6) is 3.13. The molecular weight excluding hydrogens is 350 g/mol. The van der Waals surface area contributed by atoms with E-state index in [2.05, 4.69) is 37.7 Å². The number of anilines is 3. The van der Waals surface area contributed by atoms with Crippen LogP contribution >= 0.6 is 0 Å². The van der Waals surface area contributed by atoms with Crippen LogP contribution < -0.4 is 14.7 Å². The molecule has 7 nitrogen and oxygen atoms in total. The molecule has 1 aliphatic carbocycles. The molecule has 0 N–H and O–H groups in total. The van der Waals surface area contributed by atoms with Crippen molar-refractivity contribution in [3.8, 4) is 0 Å². The minimum Gasteiger partial charge on any atom is -0.356 e. The molecule has 7 heteroatoms. The zero-order valence-electron chi connectivity index (χ0n) is 16.8. The maximum atomic E-state index is 4.90. The predicted molar refractivity (Wildman–Crippen MR) is 111 cm³/mol. The van der Waals surface area contributed by atoms with Crippen molar-refractivity contribution in [3.05, 3.63) is 29.3 Å². The Morgan fingerprint density at radius 3 is 2.32 bits per heavy atom. The predicted octanol–water partition coefficient (Wildman–Crippen LogP) is 2.38. The molecule has 4 heterocycles. The number of fused-ring (bicyclic) bond motifs is 1.